The normalized spacial score (nSPS) is 12.3. The zero-order valence-corrected chi connectivity index (χ0v) is 8.97. The molecule has 14 heavy (non-hydrogen) atoms. The first-order chi connectivity index (χ1) is 6.61. The van der Waals surface area contributed by atoms with Gasteiger partial charge in [0.1, 0.15) is 0 Å². The van der Waals surface area contributed by atoms with Crippen LogP contribution in [-0.2, 0) is 4.79 Å². The molecule has 3 heteroatoms. The van der Waals surface area contributed by atoms with E-state index in [4.69, 9.17) is 5.11 Å². The smallest absolute Gasteiger partial charge is 0.328 e. The molecule has 0 saturated carbocycles. The topological polar surface area (TPSA) is 37.3 Å². The van der Waals surface area contributed by atoms with Crippen molar-refractivity contribution in [1.29, 1.82) is 0 Å². The van der Waals surface area contributed by atoms with Crippen LogP contribution in [0.15, 0.2) is 29.7 Å². The van der Waals surface area contributed by atoms with E-state index in [0.29, 0.717) is 0 Å². The van der Waals surface area contributed by atoms with Crippen LogP contribution < -0.4 is 0 Å². The number of hydrogen-bond donors (Lipinski definition) is 1. The molecular weight excluding hydrogens is 196 g/mol. The van der Waals surface area contributed by atoms with E-state index >= 15 is 0 Å². The van der Waals surface area contributed by atoms with Gasteiger partial charge < -0.3 is 5.11 Å². The summed E-state index contributed by atoms with van der Waals surface area (Å²) in [5.74, 6) is -0.919. The average molecular weight is 208 g/mol. The molecule has 0 atom stereocenters. The first-order valence-corrected chi connectivity index (χ1v) is 5.11. The monoisotopic (exact) mass is 208 g/mol. The SMILES string of the molecule is C/C(=C\C=C\C(=O)O)c1sccc1C. The Hall–Kier alpha value is -1.35. The van der Waals surface area contributed by atoms with Crippen molar-refractivity contribution < 1.29 is 9.90 Å². The van der Waals surface area contributed by atoms with E-state index in [1.165, 1.54) is 10.4 Å². The molecule has 0 radical (unpaired) electrons. The maximum atomic E-state index is 10.2. The molecule has 1 N–H and O–H groups in total. The number of rotatable bonds is 3. The molecule has 0 saturated heterocycles. The number of allylic oxidation sites excluding steroid dienone is 3. The van der Waals surface area contributed by atoms with Crippen molar-refractivity contribution in [3.8, 4) is 0 Å². The average Bonchev–Trinajstić information content (AvgIpc) is 2.50. The van der Waals surface area contributed by atoms with Crippen molar-refractivity contribution in [2.45, 2.75) is 13.8 Å². The second-order valence-electron chi connectivity index (χ2n) is 2.98. The molecule has 0 aliphatic carbocycles. The molecule has 74 valence electrons. The number of aryl methyl sites for hydroxylation is 1. The first kappa shape index (κ1) is 10.7. The Balaban J connectivity index is 2.80. The first-order valence-electron chi connectivity index (χ1n) is 4.23. The Morgan fingerprint density at radius 1 is 1.57 bits per heavy atom. The second kappa shape index (κ2) is 4.77. The summed E-state index contributed by atoms with van der Waals surface area (Å²) in [6.45, 7) is 4.02. The van der Waals surface area contributed by atoms with Crippen LogP contribution in [-0.4, -0.2) is 11.1 Å². The van der Waals surface area contributed by atoms with Crippen molar-refractivity contribution in [3.63, 3.8) is 0 Å². The van der Waals surface area contributed by atoms with Gasteiger partial charge in [-0.05, 0) is 36.4 Å². The molecule has 0 amide bonds. The minimum atomic E-state index is -0.919. The standard InChI is InChI=1S/C11H12O2S/c1-8(4-3-5-10(12)13)11-9(2)6-7-14-11/h3-7H,1-2H3,(H,12,13)/b5-3+,8-4+. The van der Waals surface area contributed by atoms with E-state index in [-0.39, 0.29) is 0 Å². The van der Waals surface area contributed by atoms with Gasteiger partial charge in [-0.2, -0.15) is 0 Å². The van der Waals surface area contributed by atoms with Crippen LogP contribution in [0.1, 0.15) is 17.4 Å². The highest BCUT2D eigenvalue weighted by Gasteiger charge is 1.99. The summed E-state index contributed by atoms with van der Waals surface area (Å²) in [4.78, 5) is 11.4. The largest absolute Gasteiger partial charge is 0.478 e. The highest BCUT2D eigenvalue weighted by atomic mass is 32.1. The fraction of sp³-hybridized carbons (Fsp3) is 0.182. The maximum absolute atomic E-state index is 10.2. The lowest BCUT2D eigenvalue weighted by atomic mass is 10.1. The van der Waals surface area contributed by atoms with Gasteiger partial charge in [-0.25, -0.2) is 4.79 Å². The van der Waals surface area contributed by atoms with Gasteiger partial charge in [0, 0.05) is 11.0 Å². The molecule has 2 nitrogen and oxygen atoms in total. The minimum absolute atomic E-state index is 0.919. The van der Waals surface area contributed by atoms with Gasteiger partial charge in [-0.3, -0.25) is 0 Å². The molecule has 0 bridgehead atoms. The molecule has 1 rings (SSSR count). The molecule has 0 spiro atoms. The number of thiophene rings is 1. The lowest BCUT2D eigenvalue weighted by Gasteiger charge is -1.96. The Labute approximate surface area is 87.2 Å². The summed E-state index contributed by atoms with van der Waals surface area (Å²) in [5.41, 5.74) is 2.32. The van der Waals surface area contributed by atoms with Crippen LogP contribution in [0, 0.1) is 6.92 Å². The molecule has 1 aromatic rings. The number of carbonyl (C=O) groups is 1. The Bertz CT molecular complexity index is 386. The van der Waals surface area contributed by atoms with Gasteiger partial charge in [0.15, 0.2) is 0 Å². The van der Waals surface area contributed by atoms with Gasteiger partial charge in [0.25, 0.3) is 0 Å². The molecule has 0 aliphatic rings. The van der Waals surface area contributed by atoms with Gasteiger partial charge in [0.2, 0.25) is 0 Å². The predicted octanol–water partition coefficient (Wildman–Crippen LogP) is 3.10. The molecular formula is C11H12O2S. The quantitative estimate of drug-likeness (QED) is 0.612. The summed E-state index contributed by atoms with van der Waals surface area (Å²) >= 11 is 1.67. The third-order valence-corrected chi connectivity index (χ3v) is 2.96. The van der Waals surface area contributed by atoms with E-state index < -0.39 is 5.97 Å². The lowest BCUT2D eigenvalue weighted by Crippen LogP contribution is -1.84. The molecule has 1 heterocycles. The van der Waals surface area contributed by atoms with Crippen molar-refractivity contribution >= 4 is 22.9 Å². The van der Waals surface area contributed by atoms with Crippen molar-refractivity contribution in [2.24, 2.45) is 0 Å². The Morgan fingerprint density at radius 2 is 2.29 bits per heavy atom. The fourth-order valence-electron chi connectivity index (χ4n) is 1.13. The third-order valence-electron chi connectivity index (χ3n) is 1.81. The summed E-state index contributed by atoms with van der Waals surface area (Å²) in [7, 11) is 0. The zero-order valence-electron chi connectivity index (χ0n) is 8.15. The van der Waals surface area contributed by atoms with Gasteiger partial charge in [-0.15, -0.1) is 11.3 Å². The van der Waals surface area contributed by atoms with Crippen LogP contribution in [0.4, 0.5) is 0 Å². The molecule has 1 aromatic heterocycles. The number of carboxylic acid groups (broad SMARTS) is 1. The summed E-state index contributed by atoms with van der Waals surface area (Å²) in [6, 6.07) is 2.05. The van der Waals surface area contributed by atoms with Crippen LogP contribution in [0.2, 0.25) is 0 Å². The van der Waals surface area contributed by atoms with E-state index in [0.717, 1.165) is 11.6 Å². The van der Waals surface area contributed by atoms with Crippen LogP contribution >= 0.6 is 11.3 Å². The molecule has 0 unspecified atom stereocenters. The molecule has 0 fully saturated rings. The lowest BCUT2D eigenvalue weighted by molar-refractivity contribution is -0.131. The van der Waals surface area contributed by atoms with Crippen molar-refractivity contribution in [2.75, 3.05) is 0 Å². The predicted molar refractivity (Wildman–Crippen MR) is 59.5 cm³/mol. The van der Waals surface area contributed by atoms with Crippen LogP contribution in [0.5, 0.6) is 0 Å². The Morgan fingerprint density at radius 3 is 2.79 bits per heavy atom. The molecule has 0 aromatic carbocycles. The van der Waals surface area contributed by atoms with Gasteiger partial charge >= 0.3 is 5.97 Å². The van der Waals surface area contributed by atoms with Gasteiger partial charge in [0.05, 0.1) is 0 Å². The summed E-state index contributed by atoms with van der Waals surface area (Å²) in [5, 5.41) is 10.4. The highest BCUT2D eigenvalue weighted by molar-refractivity contribution is 7.11. The minimum Gasteiger partial charge on any atom is -0.478 e. The van der Waals surface area contributed by atoms with E-state index in [1.807, 2.05) is 25.3 Å². The number of carboxylic acids is 1. The summed E-state index contributed by atoms with van der Waals surface area (Å²) < 4.78 is 0. The van der Waals surface area contributed by atoms with Crippen molar-refractivity contribution in [3.05, 3.63) is 40.1 Å². The Kier molecular flexibility index (Phi) is 3.65. The van der Waals surface area contributed by atoms with Crippen LogP contribution in [0.25, 0.3) is 5.57 Å². The van der Waals surface area contributed by atoms with Gasteiger partial charge in [-0.1, -0.05) is 12.2 Å². The zero-order chi connectivity index (χ0) is 10.6. The van der Waals surface area contributed by atoms with Crippen molar-refractivity contribution in [1.82, 2.24) is 0 Å². The van der Waals surface area contributed by atoms with Crippen LogP contribution in [0.3, 0.4) is 0 Å². The summed E-state index contributed by atoms with van der Waals surface area (Å²) in [6.07, 6.45) is 4.50. The number of hydrogen-bond acceptors (Lipinski definition) is 2. The molecule has 0 aliphatic heterocycles. The fourth-order valence-corrected chi connectivity index (χ4v) is 2.04. The second-order valence-corrected chi connectivity index (χ2v) is 3.90. The maximum Gasteiger partial charge on any atom is 0.328 e. The van der Waals surface area contributed by atoms with E-state index in [1.54, 1.807) is 17.4 Å². The number of aliphatic carboxylic acids is 1. The highest BCUT2D eigenvalue weighted by Crippen LogP contribution is 2.24. The third kappa shape index (κ3) is 2.85. The van der Waals surface area contributed by atoms with E-state index in [9.17, 15) is 4.79 Å². The van der Waals surface area contributed by atoms with E-state index in [2.05, 4.69) is 6.07 Å².